The van der Waals surface area contributed by atoms with Crippen LogP contribution in [-0.2, 0) is 27.2 Å². The SMILES string of the molecule is CC(C)C[C@@](B(O)O)(N1C=CN=CC1)N(C=O)C(=O)[C@H](Cc1ccc(O)cc1)NC(=O)[C@@H](N)Cc1ccccc1. The van der Waals surface area contributed by atoms with Gasteiger partial charge in [-0.25, -0.2) is 0 Å². The molecule has 212 valence electrons. The van der Waals surface area contributed by atoms with Gasteiger partial charge in [-0.05, 0) is 42.0 Å². The van der Waals surface area contributed by atoms with E-state index in [1.165, 1.54) is 35.6 Å². The van der Waals surface area contributed by atoms with Crippen LogP contribution in [0.3, 0.4) is 0 Å². The molecule has 1 aliphatic heterocycles. The molecule has 2 aromatic rings. The summed E-state index contributed by atoms with van der Waals surface area (Å²) in [6.45, 7) is 3.75. The van der Waals surface area contributed by atoms with E-state index in [1.807, 2.05) is 44.2 Å². The number of phenols is 1. The molecule has 0 bridgehead atoms. The molecule has 1 aliphatic rings. The Kier molecular flexibility index (Phi) is 10.6. The van der Waals surface area contributed by atoms with Crippen LogP contribution in [0.15, 0.2) is 72.0 Å². The van der Waals surface area contributed by atoms with Crippen molar-refractivity contribution in [2.45, 2.75) is 50.8 Å². The number of aromatic hydroxyl groups is 1. The van der Waals surface area contributed by atoms with Crippen molar-refractivity contribution >= 4 is 31.6 Å². The van der Waals surface area contributed by atoms with Crippen molar-refractivity contribution in [1.29, 1.82) is 0 Å². The van der Waals surface area contributed by atoms with Crippen LogP contribution >= 0.6 is 0 Å². The van der Waals surface area contributed by atoms with E-state index in [2.05, 4.69) is 10.3 Å². The molecule has 11 nitrogen and oxygen atoms in total. The zero-order valence-electron chi connectivity index (χ0n) is 22.6. The number of nitrogens with two attached hydrogens (primary N) is 1. The molecule has 0 radical (unpaired) electrons. The number of hydrogen-bond donors (Lipinski definition) is 5. The Hall–Kier alpha value is -4.00. The Balaban J connectivity index is 1.98. The lowest BCUT2D eigenvalue weighted by Crippen LogP contribution is -2.72. The lowest BCUT2D eigenvalue weighted by Gasteiger charge is -2.49. The van der Waals surface area contributed by atoms with E-state index in [4.69, 9.17) is 5.73 Å². The normalized spacial score (nSPS) is 15.7. The van der Waals surface area contributed by atoms with Crippen molar-refractivity contribution in [3.05, 3.63) is 78.1 Å². The van der Waals surface area contributed by atoms with E-state index in [0.717, 1.165) is 10.5 Å². The van der Waals surface area contributed by atoms with Crippen molar-refractivity contribution in [2.75, 3.05) is 6.54 Å². The van der Waals surface area contributed by atoms with Gasteiger partial charge >= 0.3 is 7.12 Å². The van der Waals surface area contributed by atoms with E-state index in [9.17, 15) is 29.5 Å². The highest BCUT2D eigenvalue weighted by Gasteiger charge is 2.54. The van der Waals surface area contributed by atoms with Crippen LogP contribution in [0.2, 0.25) is 0 Å². The fourth-order valence-electron chi connectivity index (χ4n) is 4.81. The molecule has 0 unspecified atom stereocenters. The van der Waals surface area contributed by atoms with E-state index in [0.29, 0.717) is 5.56 Å². The number of aliphatic imine (C=N–C) groups is 1. The number of nitrogens with zero attached hydrogens (tertiary/aromatic N) is 3. The van der Waals surface area contributed by atoms with Gasteiger partial charge in [0.2, 0.25) is 12.3 Å². The summed E-state index contributed by atoms with van der Waals surface area (Å²) in [6, 6.07) is 12.9. The molecule has 12 heteroatoms. The third-order valence-electron chi connectivity index (χ3n) is 6.72. The maximum Gasteiger partial charge on any atom is 0.501 e. The fraction of sp³-hybridized carbons (Fsp3) is 0.357. The zero-order chi connectivity index (χ0) is 29.3. The number of carbonyl (C=O) groups is 3. The second-order valence-corrected chi connectivity index (χ2v) is 10.2. The number of nitrogens with one attached hydrogen (secondary N) is 1. The summed E-state index contributed by atoms with van der Waals surface area (Å²) in [7, 11) is -2.15. The average molecular weight is 549 g/mol. The van der Waals surface area contributed by atoms with Crippen LogP contribution in [0.5, 0.6) is 5.75 Å². The Morgan fingerprint density at radius 1 is 1.12 bits per heavy atom. The van der Waals surface area contributed by atoms with Crippen LogP contribution < -0.4 is 11.1 Å². The molecule has 6 N–H and O–H groups in total. The van der Waals surface area contributed by atoms with Crippen molar-refractivity contribution < 1.29 is 29.5 Å². The predicted molar refractivity (Wildman–Crippen MR) is 151 cm³/mol. The van der Waals surface area contributed by atoms with Crippen LogP contribution in [0, 0.1) is 5.92 Å². The summed E-state index contributed by atoms with van der Waals surface area (Å²) >= 11 is 0. The molecular weight excluding hydrogens is 513 g/mol. The minimum Gasteiger partial charge on any atom is -0.508 e. The Morgan fingerprint density at radius 2 is 1.77 bits per heavy atom. The Bertz CT molecular complexity index is 1210. The van der Waals surface area contributed by atoms with Gasteiger partial charge in [-0.3, -0.25) is 24.3 Å². The van der Waals surface area contributed by atoms with Crippen LogP contribution in [0.1, 0.15) is 31.4 Å². The maximum absolute atomic E-state index is 14.1. The first-order chi connectivity index (χ1) is 19.1. The van der Waals surface area contributed by atoms with E-state index < -0.39 is 36.6 Å². The third kappa shape index (κ3) is 7.35. The van der Waals surface area contributed by atoms with Gasteiger partial charge in [0, 0.05) is 25.0 Å². The van der Waals surface area contributed by atoms with Crippen LogP contribution in [0.4, 0.5) is 0 Å². The van der Waals surface area contributed by atoms with Gasteiger partial charge in [0.15, 0.2) is 5.56 Å². The average Bonchev–Trinajstić information content (AvgIpc) is 2.94. The molecule has 0 saturated carbocycles. The topological polar surface area (TPSA) is 169 Å². The van der Waals surface area contributed by atoms with E-state index in [-0.39, 0.29) is 43.9 Å². The van der Waals surface area contributed by atoms with Gasteiger partial charge in [-0.2, -0.15) is 0 Å². The fourth-order valence-corrected chi connectivity index (χ4v) is 4.81. The van der Waals surface area contributed by atoms with E-state index >= 15 is 0 Å². The number of carbonyl (C=O) groups excluding carboxylic acids is 3. The Labute approximate surface area is 234 Å². The lowest BCUT2D eigenvalue weighted by molar-refractivity contribution is -0.152. The minimum absolute atomic E-state index is 0.0146. The second-order valence-electron chi connectivity index (χ2n) is 10.2. The van der Waals surface area contributed by atoms with E-state index in [1.54, 1.807) is 12.1 Å². The number of phenolic OH excluding ortho intramolecular Hbond substituents is 1. The number of amides is 3. The van der Waals surface area contributed by atoms with Gasteiger partial charge in [0.25, 0.3) is 5.91 Å². The van der Waals surface area contributed by atoms with Crippen LogP contribution in [-0.4, -0.2) is 80.7 Å². The summed E-state index contributed by atoms with van der Waals surface area (Å²) in [4.78, 5) is 46.2. The number of benzene rings is 2. The first-order valence-corrected chi connectivity index (χ1v) is 13.1. The molecule has 40 heavy (non-hydrogen) atoms. The summed E-state index contributed by atoms with van der Waals surface area (Å²) < 4.78 is 0. The van der Waals surface area contributed by atoms with Gasteiger partial charge in [0.1, 0.15) is 11.8 Å². The van der Waals surface area contributed by atoms with Crippen LogP contribution in [0.25, 0.3) is 0 Å². The van der Waals surface area contributed by atoms with Crippen molar-refractivity contribution in [2.24, 2.45) is 16.6 Å². The molecular formula is C28H36BN5O6. The minimum atomic E-state index is -2.15. The summed E-state index contributed by atoms with van der Waals surface area (Å²) in [6.07, 6.45) is 4.85. The lowest BCUT2D eigenvalue weighted by atomic mass is 9.65. The Morgan fingerprint density at radius 3 is 2.33 bits per heavy atom. The largest absolute Gasteiger partial charge is 0.508 e. The first kappa shape index (κ1) is 30.5. The van der Waals surface area contributed by atoms with Gasteiger partial charge < -0.3 is 31.1 Å². The van der Waals surface area contributed by atoms with Crippen molar-refractivity contribution in [1.82, 2.24) is 15.1 Å². The number of hydrogen-bond acceptors (Lipinski definition) is 9. The highest BCUT2D eigenvalue weighted by molar-refractivity contribution is 6.46. The van der Waals surface area contributed by atoms with Crippen molar-refractivity contribution in [3.8, 4) is 5.75 Å². The molecule has 3 amide bonds. The van der Waals surface area contributed by atoms with Gasteiger partial charge in [-0.1, -0.05) is 56.3 Å². The number of rotatable bonds is 13. The molecule has 2 aromatic carbocycles. The molecule has 0 spiro atoms. The highest BCUT2D eigenvalue weighted by atomic mass is 16.4. The van der Waals surface area contributed by atoms with Gasteiger partial charge in [-0.15, -0.1) is 0 Å². The number of imide groups is 1. The highest BCUT2D eigenvalue weighted by Crippen LogP contribution is 2.31. The molecule has 0 aromatic heterocycles. The van der Waals surface area contributed by atoms with Gasteiger partial charge in [0.05, 0.1) is 12.6 Å². The molecule has 3 atom stereocenters. The molecule has 3 rings (SSSR count). The molecule has 0 aliphatic carbocycles. The zero-order valence-corrected chi connectivity index (χ0v) is 22.6. The summed E-state index contributed by atoms with van der Waals surface area (Å²) in [5.41, 5.74) is 5.71. The summed E-state index contributed by atoms with van der Waals surface area (Å²) in [5.74, 6) is -1.62. The standard InChI is InChI=1S/C28H36BN5O6/c1-20(2)18-28(29(39)40,33-14-12-31-13-15-33)34(19-35)27(38)25(17-22-8-10-23(36)11-9-22)32-26(37)24(30)16-21-6-4-3-5-7-21/h3-14,19-20,24-25,36,39-40H,15-18,30H2,1-2H3,(H,32,37)/t24-,25-,28+/m0/s1. The molecule has 1 heterocycles. The quantitative estimate of drug-likeness (QED) is 0.179. The molecule has 0 fully saturated rings. The smallest absolute Gasteiger partial charge is 0.501 e. The third-order valence-corrected chi connectivity index (χ3v) is 6.72. The summed E-state index contributed by atoms with van der Waals surface area (Å²) in [5, 5.41) is 33.8. The predicted octanol–water partition coefficient (Wildman–Crippen LogP) is 0.587. The second kappa shape index (κ2) is 13.9. The molecule has 0 saturated heterocycles. The monoisotopic (exact) mass is 549 g/mol. The maximum atomic E-state index is 14.1. The first-order valence-electron chi connectivity index (χ1n) is 13.1. The van der Waals surface area contributed by atoms with Crippen molar-refractivity contribution in [3.63, 3.8) is 0 Å².